The maximum atomic E-state index is 11.5. The van der Waals surface area contributed by atoms with Crippen molar-refractivity contribution < 1.29 is 10.2 Å². The van der Waals surface area contributed by atoms with Crippen LogP contribution in [-0.2, 0) is 5.79 Å². The van der Waals surface area contributed by atoms with Gasteiger partial charge in [0, 0.05) is 17.0 Å². The lowest BCUT2D eigenvalue weighted by Crippen LogP contribution is -2.28. The first-order valence-electron chi connectivity index (χ1n) is 11.4. The molecule has 2 heteroatoms. The van der Waals surface area contributed by atoms with Crippen LogP contribution in [-0.4, -0.2) is 10.2 Å². The molecule has 0 aromatic heterocycles. The van der Waals surface area contributed by atoms with Gasteiger partial charge in [-0.2, -0.15) is 0 Å². The summed E-state index contributed by atoms with van der Waals surface area (Å²) < 4.78 is 0. The van der Waals surface area contributed by atoms with E-state index in [9.17, 15) is 10.2 Å². The van der Waals surface area contributed by atoms with Gasteiger partial charge in [0.05, 0.1) is 0 Å². The molecule has 2 nitrogen and oxygen atoms in total. The maximum absolute atomic E-state index is 11.5. The Hall–Kier alpha value is -3.98. The Kier molecular flexibility index (Phi) is 6.09. The van der Waals surface area contributed by atoms with Gasteiger partial charge in [-0.25, -0.2) is 0 Å². The molecule has 0 aliphatic carbocycles. The lowest BCUT2D eigenvalue weighted by atomic mass is 9.78. The van der Waals surface area contributed by atoms with E-state index >= 15 is 0 Å². The Morgan fingerprint density at radius 2 is 0.941 bits per heavy atom. The van der Waals surface area contributed by atoms with Crippen LogP contribution in [0.2, 0.25) is 0 Å². The molecule has 0 saturated carbocycles. The van der Waals surface area contributed by atoms with Gasteiger partial charge in [-0.15, -0.1) is 0 Å². The second kappa shape index (κ2) is 9.48. The summed E-state index contributed by atoms with van der Waals surface area (Å²) in [5, 5.41) is 23.0. The van der Waals surface area contributed by atoms with Crippen LogP contribution in [0.5, 0.6) is 0 Å². The first-order chi connectivity index (χ1) is 16.7. The molecular weight excluding hydrogens is 416 g/mol. The summed E-state index contributed by atoms with van der Waals surface area (Å²) in [4.78, 5) is 0. The van der Waals surface area contributed by atoms with Crippen LogP contribution in [0.15, 0.2) is 140 Å². The van der Waals surface area contributed by atoms with Crippen LogP contribution in [0, 0.1) is 0 Å². The fourth-order valence-corrected chi connectivity index (χ4v) is 4.70. The largest absolute Gasteiger partial charge is 0.358 e. The van der Waals surface area contributed by atoms with Gasteiger partial charge in [0.15, 0.2) is 0 Å². The molecule has 2 N–H and O–H groups in total. The summed E-state index contributed by atoms with van der Waals surface area (Å²) in [5.41, 5.74) is 5.96. The predicted octanol–water partition coefficient (Wildman–Crippen LogP) is 6.72. The zero-order chi connectivity index (χ0) is 23.4. The quantitative estimate of drug-likeness (QED) is 0.226. The topological polar surface area (TPSA) is 40.5 Å². The highest BCUT2D eigenvalue weighted by atomic mass is 16.5. The van der Waals surface area contributed by atoms with Crippen molar-refractivity contribution in [1.82, 2.24) is 0 Å². The second-order valence-electron chi connectivity index (χ2n) is 8.43. The van der Waals surface area contributed by atoms with Gasteiger partial charge in [0.2, 0.25) is 5.79 Å². The molecule has 5 aromatic rings. The van der Waals surface area contributed by atoms with E-state index < -0.39 is 5.79 Å². The van der Waals surface area contributed by atoms with Crippen molar-refractivity contribution in [1.29, 1.82) is 0 Å². The number of benzene rings is 5. The molecule has 0 unspecified atom stereocenters. The summed E-state index contributed by atoms with van der Waals surface area (Å²) >= 11 is 0. The summed E-state index contributed by atoms with van der Waals surface area (Å²) in [6, 6.07) is 45.5. The molecule has 0 heterocycles. The van der Waals surface area contributed by atoms with E-state index in [2.05, 4.69) is 30.3 Å². The number of rotatable bonds is 6. The lowest BCUT2D eigenvalue weighted by Gasteiger charge is -2.30. The zero-order valence-electron chi connectivity index (χ0n) is 18.8. The number of hydrogen-bond donors (Lipinski definition) is 2. The van der Waals surface area contributed by atoms with Gasteiger partial charge >= 0.3 is 0 Å². The molecule has 0 atom stereocenters. The molecule has 0 aliphatic rings. The summed E-state index contributed by atoms with van der Waals surface area (Å²) in [6.45, 7) is 0. The Morgan fingerprint density at radius 1 is 0.471 bits per heavy atom. The second-order valence-corrected chi connectivity index (χ2v) is 8.43. The zero-order valence-corrected chi connectivity index (χ0v) is 18.8. The third-order valence-corrected chi connectivity index (χ3v) is 6.29. The van der Waals surface area contributed by atoms with E-state index in [1.807, 2.05) is 97.1 Å². The van der Waals surface area contributed by atoms with Crippen LogP contribution < -0.4 is 0 Å². The highest BCUT2D eigenvalue weighted by Gasteiger charge is 2.34. The van der Waals surface area contributed by atoms with E-state index in [0.29, 0.717) is 11.1 Å². The molecule has 166 valence electrons. The fraction of sp³-hybridized carbons (Fsp3) is 0.0625. The SMILES string of the molecule is OC(O)(c1ccccc1)c1cccc(C(c2ccccc2)c2ccccc2)c1-c1ccccc1. The average molecular weight is 443 g/mol. The third-order valence-electron chi connectivity index (χ3n) is 6.29. The van der Waals surface area contributed by atoms with Gasteiger partial charge in [0.1, 0.15) is 0 Å². The van der Waals surface area contributed by atoms with Crippen molar-refractivity contribution in [3.8, 4) is 11.1 Å². The Morgan fingerprint density at radius 3 is 1.47 bits per heavy atom. The smallest absolute Gasteiger partial charge is 0.217 e. The van der Waals surface area contributed by atoms with Gasteiger partial charge in [-0.05, 0) is 27.8 Å². The van der Waals surface area contributed by atoms with Crippen LogP contribution in [0.4, 0.5) is 0 Å². The Balaban J connectivity index is 1.82. The molecule has 0 fully saturated rings. The Labute approximate surface area is 200 Å². The number of hydrogen-bond acceptors (Lipinski definition) is 2. The summed E-state index contributed by atoms with van der Waals surface area (Å²) in [6.07, 6.45) is 0. The first kappa shape index (κ1) is 21.8. The minimum Gasteiger partial charge on any atom is -0.358 e. The van der Waals surface area contributed by atoms with Gasteiger partial charge in [-0.3, -0.25) is 0 Å². The van der Waals surface area contributed by atoms with E-state index in [0.717, 1.165) is 27.8 Å². The first-order valence-corrected chi connectivity index (χ1v) is 11.4. The monoisotopic (exact) mass is 442 g/mol. The van der Waals surface area contributed by atoms with Crippen molar-refractivity contribution >= 4 is 0 Å². The van der Waals surface area contributed by atoms with Gasteiger partial charge in [-0.1, -0.05) is 140 Å². The third kappa shape index (κ3) is 4.17. The van der Waals surface area contributed by atoms with Crippen molar-refractivity contribution in [2.75, 3.05) is 0 Å². The highest BCUT2D eigenvalue weighted by molar-refractivity contribution is 5.75. The van der Waals surface area contributed by atoms with Crippen molar-refractivity contribution in [3.63, 3.8) is 0 Å². The molecule has 0 spiro atoms. The highest BCUT2D eigenvalue weighted by Crippen LogP contribution is 2.43. The van der Waals surface area contributed by atoms with Crippen LogP contribution in [0.3, 0.4) is 0 Å². The number of aliphatic hydroxyl groups is 2. The Bertz CT molecular complexity index is 1310. The summed E-state index contributed by atoms with van der Waals surface area (Å²) in [5.74, 6) is -2.23. The fourth-order valence-electron chi connectivity index (χ4n) is 4.70. The standard InChI is InChI=1S/C32H26O2/c33-32(34,27-20-11-4-12-21-27)29-23-13-22-28(31(29)26-18-9-3-10-19-26)30(24-14-5-1-6-15-24)25-16-7-2-8-17-25/h1-23,30,33-34H. The van der Waals surface area contributed by atoms with Crippen LogP contribution in [0.1, 0.15) is 33.7 Å². The molecule has 5 rings (SSSR count). The maximum Gasteiger partial charge on any atom is 0.217 e. The van der Waals surface area contributed by atoms with E-state index in [1.165, 1.54) is 0 Å². The normalized spacial score (nSPS) is 11.5. The van der Waals surface area contributed by atoms with E-state index in [1.54, 1.807) is 12.1 Å². The van der Waals surface area contributed by atoms with Crippen molar-refractivity contribution in [3.05, 3.63) is 167 Å². The molecule has 0 aliphatic heterocycles. The van der Waals surface area contributed by atoms with Crippen LogP contribution >= 0.6 is 0 Å². The average Bonchev–Trinajstić information content (AvgIpc) is 2.91. The van der Waals surface area contributed by atoms with Crippen molar-refractivity contribution in [2.45, 2.75) is 11.7 Å². The molecular formula is C32H26O2. The lowest BCUT2D eigenvalue weighted by molar-refractivity contribution is -0.131. The predicted molar refractivity (Wildman–Crippen MR) is 137 cm³/mol. The van der Waals surface area contributed by atoms with Crippen molar-refractivity contribution in [2.24, 2.45) is 0 Å². The van der Waals surface area contributed by atoms with Gasteiger partial charge < -0.3 is 10.2 Å². The molecule has 34 heavy (non-hydrogen) atoms. The molecule has 0 saturated heterocycles. The van der Waals surface area contributed by atoms with Crippen LogP contribution in [0.25, 0.3) is 11.1 Å². The minimum absolute atomic E-state index is 0.0795. The molecule has 0 amide bonds. The van der Waals surface area contributed by atoms with E-state index in [4.69, 9.17) is 0 Å². The molecule has 5 aromatic carbocycles. The van der Waals surface area contributed by atoms with Gasteiger partial charge in [0.25, 0.3) is 0 Å². The minimum atomic E-state index is -2.15. The summed E-state index contributed by atoms with van der Waals surface area (Å²) in [7, 11) is 0. The molecule has 0 bridgehead atoms. The molecule has 0 radical (unpaired) electrons. The van der Waals surface area contributed by atoms with E-state index in [-0.39, 0.29) is 5.92 Å².